The van der Waals surface area contributed by atoms with Crippen LogP contribution in [0, 0.1) is 0 Å². The average molecular weight is 261 g/mol. The normalized spacial score (nSPS) is 21.6. The molecule has 0 radical (unpaired) electrons. The zero-order valence-electron chi connectivity index (χ0n) is 11.0. The molecule has 5 heteroatoms. The van der Waals surface area contributed by atoms with Gasteiger partial charge >= 0.3 is 0 Å². The molecule has 0 saturated carbocycles. The molecule has 1 fully saturated rings. The molecule has 0 aliphatic carbocycles. The Morgan fingerprint density at radius 1 is 1.11 bits per heavy atom. The van der Waals surface area contributed by atoms with Crippen LogP contribution >= 0.6 is 0 Å². The van der Waals surface area contributed by atoms with Crippen LogP contribution in [-0.2, 0) is 4.74 Å². The molecule has 2 aliphatic heterocycles. The van der Waals surface area contributed by atoms with E-state index in [0.29, 0.717) is 35.5 Å². The van der Waals surface area contributed by atoms with E-state index < -0.39 is 0 Å². The predicted molar refractivity (Wildman–Crippen MR) is 68.5 cm³/mol. The third-order valence-corrected chi connectivity index (χ3v) is 3.91. The molecule has 2 heterocycles. The quantitative estimate of drug-likeness (QED) is 0.582. The SMILES string of the molecule is C[N+]1(CN2C(=O)c3ccccc3C2=O)CCOCC1. The molecule has 100 valence electrons. The van der Waals surface area contributed by atoms with E-state index in [4.69, 9.17) is 4.74 Å². The fourth-order valence-corrected chi connectivity index (χ4v) is 2.63. The summed E-state index contributed by atoms with van der Waals surface area (Å²) in [5, 5.41) is 0. The second kappa shape index (κ2) is 4.43. The zero-order valence-corrected chi connectivity index (χ0v) is 11.0. The first-order chi connectivity index (χ1) is 9.11. The maximum absolute atomic E-state index is 12.3. The molecule has 2 aliphatic rings. The Morgan fingerprint density at radius 2 is 1.63 bits per heavy atom. The molecular formula is C14H17N2O3+. The van der Waals surface area contributed by atoms with E-state index in [0.717, 1.165) is 13.1 Å². The van der Waals surface area contributed by atoms with E-state index in [1.165, 1.54) is 4.90 Å². The number of carbonyl (C=O) groups is 2. The highest BCUT2D eigenvalue weighted by atomic mass is 16.5. The number of rotatable bonds is 2. The van der Waals surface area contributed by atoms with Gasteiger partial charge in [0.05, 0.1) is 31.4 Å². The molecule has 2 amide bonds. The lowest BCUT2D eigenvalue weighted by atomic mass is 10.1. The Labute approximate surface area is 112 Å². The smallest absolute Gasteiger partial charge is 0.265 e. The molecule has 19 heavy (non-hydrogen) atoms. The topological polar surface area (TPSA) is 46.6 Å². The monoisotopic (exact) mass is 261 g/mol. The fraction of sp³-hybridized carbons (Fsp3) is 0.429. The van der Waals surface area contributed by atoms with Crippen LogP contribution in [0.25, 0.3) is 0 Å². The van der Waals surface area contributed by atoms with Crippen LogP contribution in [0.3, 0.4) is 0 Å². The van der Waals surface area contributed by atoms with Gasteiger partial charge in [-0.15, -0.1) is 0 Å². The maximum atomic E-state index is 12.3. The Bertz CT molecular complexity index is 500. The van der Waals surface area contributed by atoms with Crippen LogP contribution < -0.4 is 0 Å². The summed E-state index contributed by atoms with van der Waals surface area (Å²) >= 11 is 0. The lowest BCUT2D eigenvalue weighted by Gasteiger charge is -2.39. The maximum Gasteiger partial charge on any atom is 0.265 e. The Hall–Kier alpha value is -1.72. The molecule has 0 spiro atoms. The largest absolute Gasteiger partial charge is 0.370 e. The fourth-order valence-electron chi connectivity index (χ4n) is 2.63. The molecule has 0 unspecified atom stereocenters. The molecule has 0 bridgehead atoms. The number of likely N-dealkylation sites (N-methyl/N-ethyl adjacent to an activating group) is 1. The third-order valence-electron chi connectivity index (χ3n) is 3.91. The molecule has 0 N–H and O–H groups in total. The molecule has 5 nitrogen and oxygen atoms in total. The summed E-state index contributed by atoms with van der Waals surface area (Å²) in [6.07, 6.45) is 0. The van der Waals surface area contributed by atoms with Crippen molar-refractivity contribution in [3.8, 4) is 0 Å². The predicted octanol–water partition coefficient (Wildman–Crippen LogP) is 0.717. The number of ether oxygens (including phenoxy) is 1. The van der Waals surface area contributed by atoms with Crippen LogP contribution in [0.1, 0.15) is 20.7 Å². The molecule has 1 saturated heterocycles. The van der Waals surface area contributed by atoms with Crippen molar-refractivity contribution in [2.45, 2.75) is 0 Å². The van der Waals surface area contributed by atoms with Gasteiger partial charge in [-0.25, -0.2) is 4.90 Å². The van der Waals surface area contributed by atoms with Crippen LogP contribution in [0.15, 0.2) is 24.3 Å². The van der Waals surface area contributed by atoms with Crippen LogP contribution in [0.5, 0.6) is 0 Å². The van der Waals surface area contributed by atoms with Crippen LogP contribution in [-0.4, -0.2) is 61.2 Å². The van der Waals surface area contributed by atoms with Gasteiger partial charge in [0.15, 0.2) is 6.67 Å². The highest BCUT2D eigenvalue weighted by Gasteiger charge is 2.40. The van der Waals surface area contributed by atoms with Gasteiger partial charge in [-0.3, -0.25) is 9.59 Å². The number of nitrogens with zero attached hydrogens (tertiary/aromatic N) is 2. The lowest BCUT2D eigenvalue weighted by Crippen LogP contribution is -2.58. The zero-order chi connectivity index (χ0) is 13.5. The number of hydrogen-bond donors (Lipinski definition) is 0. The van der Waals surface area contributed by atoms with E-state index in [2.05, 4.69) is 7.05 Å². The van der Waals surface area contributed by atoms with Crippen LogP contribution in [0.4, 0.5) is 0 Å². The molecule has 1 aromatic carbocycles. The minimum atomic E-state index is -0.175. The Kier molecular flexibility index (Phi) is 2.88. The minimum Gasteiger partial charge on any atom is -0.370 e. The minimum absolute atomic E-state index is 0.175. The molecular weight excluding hydrogens is 244 g/mol. The standard InChI is InChI=1S/C14H17N2O3/c1-16(6-8-19-9-7-16)10-15-13(17)11-4-2-3-5-12(11)14(15)18/h2-5H,6-10H2,1H3/q+1. The van der Waals surface area contributed by atoms with E-state index in [1.54, 1.807) is 24.3 Å². The number of carbonyl (C=O) groups excluding carboxylic acids is 2. The molecule has 3 rings (SSSR count). The number of amides is 2. The van der Waals surface area contributed by atoms with Crippen molar-refractivity contribution in [1.82, 2.24) is 4.90 Å². The van der Waals surface area contributed by atoms with E-state index in [1.807, 2.05) is 0 Å². The van der Waals surface area contributed by atoms with Gasteiger partial charge in [-0.1, -0.05) is 12.1 Å². The van der Waals surface area contributed by atoms with Gasteiger partial charge in [0.25, 0.3) is 11.8 Å². The summed E-state index contributed by atoms with van der Waals surface area (Å²) < 4.78 is 6.01. The second-order valence-corrected chi connectivity index (χ2v) is 5.40. The Morgan fingerprint density at radius 3 is 2.16 bits per heavy atom. The highest BCUT2D eigenvalue weighted by molar-refractivity contribution is 6.21. The first kappa shape index (κ1) is 12.3. The lowest BCUT2D eigenvalue weighted by molar-refractivity contribution is -0.923. The van der Waals surface area contributed by atoms with Gasteiger partial charge in [0, 0.05) is 0 Å². The first-order valence-corrected chi connectivity index (χ1v) is 6.47. The number of hydrogen-bond acceptors (Lipinski definition) is 3. The summed E-state index contributed by atoms with van der Waals surface area (Å²) in [6.45, 7) is 3.44. The molecule has 0 aromatic heterocycles. The van der Waals surface area contributed by atoms with Gasteiger partial charge in [0.1, 0.15) is 13.1 Å². The van der Waals surface area contributed by atoms with Gasteiger partial charge < -0.3 is 9.22 Å². The van der Waals surface area contributed by atoms with Gasteiger partial charge in [-0.2, -0.15) is 0 Å². The Balaban J connectivity index is 1.84. The van der Waals surface area contributed by atoms with Gasteiger partial charge in [-0.05, 0) is 12.1 Å². The van der Waals surface area contributed by atoms with Crippen molar-refractivity contribution in [3.63, 3.8) is 0 Å². The van der Waals surface area contributed by atoms with Crippen molar-refractivity contribution in [1.29, 1.82) is 0 Å². The summed E-state index contributed by atoms with van der Waals surface area (Å²) in [4.78, 5) is 25.9. The van der Waals surface area contributed by atoms with Crippen molar-refractivity contribution in [2.24, 2.45) is 0 Å². The number of morpholine rings is 1. The number of fused-ring (bicyclic) bond motifs is 1. The van der Waals surface area contributed by atoms with Gasteiger partial charge in [0.2, 0.25) is 0 Å². The van der Waals surface area contributed by atoms with E-state index in [-0.39, 0.29) is 11.8 Å². The number of imide groups is 1. The first-order valence-electron chi connectivity index (χ1n) is 6.47. The average Bonchev–Trinajstić information content (AvgIpc) is 2.65. The van der Waals surface area contributed by atoms with Crippen molar-refractivity contribution in [3.05, 3.63) is 35.4 Å². The van der Waals surface area contributed by atoms with Crippen molar-refractivity contribution < 1.29 is 18.8 Å². The summed E-state index contributed by atoms with van der Waals surface area (Å²) in [6, 6.07) is 7.01. The number of quaternary nitrogens is 1. The summed E-state index contributed by atoms with van der Waals surface area (Å²) in [5.74, 6) is -0.349. The summed E-state index contributed by atoms with van der Waals surface area (Å²) in [7, 11) is 2.06. The third kappa shape index (κ3) is 2.05. The van der Waals surface area contributed by atoms with Crippen molar-refractivity contribution >= 4 is 11.8 Å². The number of benzene rings is 1. The molecule has 0 atom stereocenters. The summed E-state index contributed by atoms with van der Waals surface area (Å²) in [5.41, 5.74) is 1.04. The van der Waals surface area contributed by atoms with Crippen LogP contribution in [0.2, 0.25) is 0 Å². The molecule has 1 aromatic rings. The second-order valence-electron chi connectivity index (χ2n) is 5.40. The van der Waals surface area contributed by atoms with E-state index >= 15 is 0 Å². The highest BCUT2D eigenvalue weighted by Crippen LogP contribution is 2.24. The van der Waals surface area contributed by atoms with E-state index in [9.17, 15) is 9.59 Å². The van der Waals surface area contributed by atoms with Crippen molar-refractivity contribution in [2.75, 3.05) is 40.0 Å².